The Balaban J connectivity index is 2.04. The van der Waals surface area contributed by atoms with Crippen LogP contribution in [0.15, 0.2) is 34.7 Å². The molecule has 0 atom stereocenters. The van der Waals surface area contributed by atoms with E-state index in [9.17, 15) is 14.5 Å². The van der Waals surface area contributed by atoms with Gasteiger partial charge in [-0.2, -0.15) is 0 Å². The average molecular weight is 271 g/mol. The van der Waals surface area contributed by atoms with Crippen LogP contribution in [0.25, 0.3) is 0 Å². The summed E-state index contributed by atoms with van der Waals surface area (Å²) in [5, 5.41) is 13.5. The Morgan fingerprint density at radius 2 is 2.17 bits per heavy atom. The Labute approximate surface area is 106 Å². The molecule has 0 radical (unpaired) electrons. The van der Waals surface area contributed by atoms with Crippen LogP contribution in [0.4, 0.5) is 16.0 Å². The molecule has 0 amide bonds. The molecule has 0 aliphatic carbocycles. The normalized spacial score (nSPS) is 10.3. The van der Waals surface area contributed by atoms with Crippen LogP contribution in [0.5, 0.6) is 0 Å². The van der Waals surface area contributed by atoms with Gasteiger partial charge in [-0.15, -0.1) is 0 Å². The molecule has 7 heteroatoms. The Hall–Kier alpha value is -2.08. The molecule has 0 unspecified atom stereocenters. The number of anilines is 1. The molecule has 0 bridgehead atoms. The van der Waals surface area contributed by atoms with Crippen molar-refractivity contribution >= 4 is 23.2 Å². The summed E-state index contributed by atoms with van der Waals surface area (Å²) >= 11 is 5.61. The molecular weight excluding hydrogens is 263 g/mol. The molecule has 5 nitrogen and oxygen atoms in total. The highest BCUT2D eigenvalue weighted by atomic mass is 35.5. The number of hydrogen-bond acceptors (Lipinski definition) is 4. The van der Waals surface area contributed by atoms with E-state index in [4.69, 9.17) is 16.0 Å². The number of hydrogen-bond donors (Lipinski definition) is 1. The lowest BCUT2D eigenvalue weighted by Crippen LogP contribution is -2.00. The van der Waals surface area contributed by atoms with Crippen LogP contribution >= 0.6 is 11.6 Å². The van der Waals surface area contributed by atoms with Crippen molar-refractivity contribution in [2.24, 2.45) is 0 Å². The molecule has 1 heterocycles. The minimum atomic E-state index is -0.633. The summed E-state index contributed by atoms with van der Waals surface area (Å²) < 4.78 is 18.3. The number of halogens is 2. The van der Waals surface area contributed by atoms with E-state index in [1.54, 1.807) is 0 Å². The van der Waals surface area contributed by atoms with Crippen molar-refractivity contribution in [2.45, 2.75) is 6.54 Å². The summed E-state index contributed by atoms with van der Waals surface area (Å²) in [7, 11) is 0. The summed E-state index contributed by atoms with van der Waals surface area (Å²) in [6.07, 6.45) is 0. The third-order valence-electron chi connectivity index (χ3n) is 2.21. The van der Waals surface area contributed by atoms with E-state index in [1.165, 1.54) is 30.3 Å². The predicted octanol–water partition coefficient (Wildman–Crippen LogP) is 3.59. The molecule has 1 aromatic heterocycles. The van der Waals surface area contributed by atoms with Crippen molar-refractivity contribution in [3.8, 4) is 0 Å². The van der Waals surface area contributed by atoms with Crippen LogP contribution in [-0.4, -0.2) is 4.92 Å². The second-order valence-corrected chi connectivity index (χ2v) is 3.91. The van der Waals surface area contributed by atoms with Gasteiger partial charge in [0, 0.05) is 5.02 Å². The number of nitrogens with zero attached hydrogens (tertiary/aromatic N) is 1. The smallest absolute Gasteiger partial charge is 0.404 e. The lowest BCUT2D eigenvalue weighted by molar-refractivity contribution is -0.402. The Morgan fingerprint density at radius 1 is 1.39 bits per heavy atom. The number of nitro groups is 1. The largest absolute Gasteiger partial charge is 0.433 e. The second kappa shape index (κ2) is 5.05. The van der Waals surface area contributed by atoms with E-state index in [1.807, 2.05) is 0 Å². The van der Waals surface area contributed by atoms with Gasteiger partial charge in [-0.25, -0.2) is 4.39 Å². The topological polar surface area (TPSA) is 68.3 Å². The predicted molar refractivity (Wildman–Crippen MR) is 64.1 cm³/mol. The third kappa shape index (κ3) is 2.78. The molecule has 2 aromatic rings. The van der Waals surface area contributed by atoms with Crippen molar-refractivity contribution in [2.75, 3.05) is 5.32 Å². The fraction of sp³-hybridized carbons (Fsp3) is 0.0909. The summed E-state index contributed by atoms with van der Waals surface area (Å²) in [6.45, 7) is 0.145. The Morgan fingerprint density at radius 3 is 2.78 bits per heavy atom. The van der Waals surface area contributed by atoms with E-state index in [-0.39, 0.29) is 18.1 Å². The first kappa shape index (κ1) is 12.4. The molecule has 1 aromatic carbocycles. The molecule has 0 saturated heterocycles. The second-order valence-electron chi connectivity index (χ2n) is 3.47. The maximum Gasteiger partial charge on any atom is 0.433 e. The van der Waals surface area contributed by atoms with Gasteiger partial charge in [-0.1, -0.05) is 11.6 Å². The zero-order valence-corrected chi connectivity index (χ0v) is 9.78. The first-order chi connectivity index (χ1) is 8.56. The van der Waals surface area contributed by atoms with Crippen molar-refractivity contribution in [3.05, 3.63) is 57.0 Å². The summed E-state index contributed by atoms with van der Waals surface area (Å²) in [5.74, 6) is -0.497. The molecule has 1 N–H and O–H groups in total. The average Bonchev–Trinajstić information content (AvgIpc) is 2.76. The number of nitrogens with one attached hydrogen (secondary N) is 1. The lowest BCUT2D eigenvalue weighted by Gasteiger charge is -2.05. The van der Waals surface area contributed by atoms with Crippen LogP contribution in [0.2, 0.25) is 5.02 Å². The number of rotatable bonds is 4. The highest BCUT2D eigenvalue weighted by molar-refractivity contribution is 6.30. The Kier molecular flexibility index (Phi) is 3.47. The van der Waals surface area contributed by atoms with Crippen molar-refractivity contribution in [1.82, 2.24) is 0 Å². The maximum absolute atomic E-state index is 13.4. The lowest BCUT2D eigenvalue weighted by atomic mass is 10.3. The quantitative estimate of drug-likeness (QED) is 0.681. The van der Waals surface area contributed by atoms with Gasteiger partial charge in [0.2, 0.25) is 0 Å². The molecule has 0 aliphatic heterocycles. The van der Waals surface area contributed by atoms with Crippen LogP contribution in [0.3, 0.4) is 0 Å². The van der Waals surface area contributed by atoms with Gasteiger partial charge in [-0.05, 0) is 24.3 Å². The van der Waals surface area contributed by atoms with Gasteiger partial charge in [0.05, 0.1) is 18.3 Å². The van der Waals surface area contributed by atoms with E-state index in [2.05, 4.69) is 5.32 Å². The molecule has 94 valence electrons. The molecule has 18 heavy (non-hydrogen) atoms. The minimum absolute atomic E-state index is 0.145. The Bertz CT molecular complexity index is 585. The molecule has 0 fully saturated rings. The number of benzene rings is 1. The van der Waals surface area contributed by atoms with Gasteiger partial charge in [0.25, 0.3) is 0 Å². The maximum atomic E-state index is 13.4. The van der Waals surface area contributed by atoms with E-state index in [0.717, 1.165) is 0 Å². The first-order valence-electron chi connectivity index (χ1n) is 4.98. The zero-order chi connectivity index (χ0) is 13.1. The zero-order valence-electron chi connectivity index (χ0n) is 9.02. The molecular formula is C11H8ClFN2O3. The summed E-state index contributed by atoms with van der Waals surface area (Å²) in [4.78, 5) is 9.76. The van der Waals surface area contributed by atoms with Crippen molar-refractivity contribution in [1.29, 1.82) is 0 Å². The van der Waals surface area contributed by atoms with Gasteiger partial charge in [-0.3, -0.25) is 10.1 Å². The van der Waals surface area contributed by atoms with Crippen LogP contribution in [-0.2, 0) is 6.54 Å². The first-order valence-corrected chi connectivity index (χ1v) is 5.36. The fourth-order valence-corrected chi connectivity index (χ4v) is 1.53. The van der Waals surface area contributed by atoms with Crippen molar-refractivity contribution < 1.29 is 13.7 Å². The van der Waals surface area contributed by atoms with Gasteiger partial charge >= 0.3 is 5.88 Å². The molecule has 0 saturated carbocycles. The van der Waals surface area contributed by atoms with Gasteiger partial charge in [0.15, 0.2) is 0 Å². The summed E-state index contributed by atoms with van der Waals surface area (Å²) in [6, 6.07) is 6.90. The minimum Gasteiger partial charge on any atom is -0.404 e. The fourth-order valence-electron chi connectivity index (χ4n) is 1.37. The monoisotopic (exact) mass is 270 g/mol. The summed E-state index contributed by atoms with van der Waals surface area (Å²) in [5.41, 5.74) is 0.249. The third-order valence-corrected chi connectivity index (χ3v) is 2.45. The molecule has 0 spiro atoms. The van der Waals surface area contributed by atoms with Gasteiger partial charge < -0.3 is 9.73 Å². The molecule has 2 rings (SSSR count). The number of furan rings is 1. The van der Waals surface area contributed by atoms with Crippen LogP contribution < -0.4 is 5.32 Å². The highest BCUT2D eigenvalue weighted by Crippen LogP contribution is 2.21. The van der Waals surface area contributed by atoms with Crippen molar-refractivity contribution in [3.63, 3.8) is 0 Å². The molecule has 0 aliphatic rings. The van der Waals surface area contributed by atoms with E-state index >= 15 is 0 Å². The standard InChI is InChI=1S/C11H8ClFN2O3/c12-7-1-3-10(9(13)5-7)14-6-8-2-4-11(18-8)15(16)17/h1-5,14H,6H2. The van der Waals surface area contributed by atoms with Gasteiger partial charge in [0.1, 0.15) is 16.5 Å². The van der Waals surface area contributed by atoms with E-state index < -0.39 is 10.7 Å². The highest BCUT2D eigenvalue weighted by Gasteiger charge is 2.11. The SMILES string of the molecule is O=[N+]([O-])c1ccc(CNc2ccc(Cl)cc2F)o1. The van der Waals surface area contributed by atoms with Crippen LogP contribution in [0.1, 0.15) is 5.76 Å². The van der Waals surface area contributed by atoms with Crippen LogP contribution in [0, 0.1) is 15.9 Å². The van der Waals surface area contributed by atoms with E-state index in [0.29, 0.717) is 10.8 Å².